The van der Waals surface area contributed by atoms with Gasteiger partial charge in [0.2, 0.25) is 0 Å². The van der Waals surface area contributed by atoms with Crippen LogP contribution in [-0.2, 0) is 0 Å². The van der Waals surface area contributed by atoms with Gasteiger partial charge in [0.05, 0.1) is 10.9 Å². The Morgan fingerprint density at radius 3 is 2.94 bits per heavy atom. The van der Waals surface area contributed by atoms with Crippen molar-refractivity contribution < 1.29 is 13.5 Å². The molecule has 1 heterocycles. The Bertz CT molecular complexity index is 598. The number of nitrogens with one attached hydrogen (secondary N) is 1. The maximum absolute atomic E-state index is 11.9. The molecule has 0 aliphatic heterocycles. The summed E-state index contributed by atoms with van der Waals surface area (Å²) in [5.74, 6) is 0. The van der Waals surface area contributed by atoms with Crippen LogP contribution < -0.4 is 16.0 Å². The first kappa shape index (κ1) is 11.3. The Labute approximate surface area is 94.2 Å². The fourth-order valence-electron chi connectivity index (χ4n) is 1.35. The molecule has 0 amide bonds. The van der Waals surface area contributed by atoms with E-state index >= 15 is 0 Å². The second-order valence-corrected chi connectivity index (χ2v) is 3.35. The van der Waals surface area contributed by atoms with Gasteiger partial charge in [0, 0.05) is 5.69 Å². The number of benzene rings is 1. The van der Waals surface area contributed by atoms with Gasteiger partial charge >= 0.3 is 0 Å². The number of ether oxygens (including phenoxy) is 1. The molecular weight excluding hydrogens is 232 g/mol. The van der Waals surface area contributed by atoms with Crippen LogP contribution in [-0.4, -0.2) is 23.0 Å². The van der Waals surface area contributed by atoms with Crippen LogP contribution in [0.2, 0.25) is 0 Å². The number of aromatic nitrogens is 2. The summed E-state index contributed by atoms with van der Waals surface area (Å²) in [5, 5.41) is 0.286. The van der Waals surface area contributed by atoms with Crippen LogP contribution >= 0.6 is 0 Å². The first-order valence-corrected chi connectivity index (χ1v) is 4.77. The van der Waals surface area contributed by atoms with E-state index in [1.165, 1.54) is 12.1 Å². The van der Waals surface area contributed by atoms with Crippen molar-refractivity contribution in [3.63, 3.8) is 0 Å². The van der Waals surface area contributed by atoms with Crippen molar-refractivity contribution in [2.45, 2.75) is 6.43 Å². The molecule has 1 aromatic heterocycles. The number of fused-ring (bicyclic) bond motifs is 1. The molecule has 7 heteroatoms. The van der Waals surface area contributed by atoms with E-state index in [0.29, 0.717) is 11.2 Å². The Hall–Kier alpha value is -2.18. The lowest BCUT2D eigenvalue weighted by atomic mass is 10.2. The molecule has 0 unspecified atom stereocenters. The highest BCUT2D eigenvalue weighted by Gasteiger charge is 2.08. The van der Waals surface area contributed by atoms with E-state index in [2.05, 4.69) is 14.7 Å². The molecule has 0 aliphatic carbocycles. The number of nitrogen functional groups attached to an aromatic ring is 1. The summed E-state index contributed by atoms with van der Waals surface area (Å²) >= 11 is 0. The molecule has 0 spiro atoms. The molecule has 0 bridgehead atoms. The van der Waals surface area contributed by atoms with Crippen molar-refractivity contribution in [3.05, 3.63) is 28.6 Å². The Kier molecular flexibility index (Phi) is 2.90. The zero-order valence-electron chi connectivity index (χ0n) is 8.61. The minimum Gasteiger partial charge on any atom is -0.459 e. The lowest BCUT2D eigenvalue weighted by Crippen LogP contribution is -2.14. The largest absolute Gasteiger partial charge is 0.459 e. The minimum absolute atomic E-state index is 0.229. The molecular formula is C10H9F2N3O2. The molecule has 5 nitrogen and oxygen atoms in total. The maximum atomic E-state index is 11.9. The van der Waals surface area contributed by atoms with Gasteiger partial charge in [-0.25, -0.2) is 8.78 Å². The van der Waals surface area contributed by atoms with Crippen molar-refractivity contribution in [3.8, 4) is 6.01 Å². The van der Waals surface area contributed by atoms with E-state index in [-0.39, 0.29) is 11.4 Å². The average molecular weight is 241 g/mol. The van der Waals surface area contributed by atoms with Gasteiger partial charge in [0.25, 0.3) is 18.0 Å². The molecule has 90 valence electrons. The molecule has 0 saturated carbocycles. The third kappa shape index (κ3) is 2.49. The van der Waals surface area contributed by atoms with Crippen LogP contribution in [0.1, 0.15) is 0 Å². The monoisotopic (exact) mass is 241 g/mol. The molecule has 3 N–H and O–H groups in total. The highest BCUT2D eigenvalue weighted by molar-refractivity contribution is 5.81. The number of anilines is 1. The van der Waals surface area contributed by atoms with Crippen LogP contribution in [0.3, 0.4) is 0 Å². The Morgan fingerprint density at radius 1 is 1.47 bits per heavy atom. The van der Waals surface area contributed by atoms with E-state index in [9.17, 15) is 13.6 Å². The SMILES string of the molecule is Nc1ccc2nc(OCC(F)F)[nH]c(=O)c2c1. The predicted octanol–water partition coefficient (Wildman–Crippen LogP) is 1.15. The van der Waals surface area contributed by atoms with Gasteiger partial charge in [-0.15, -0.1) is 0 Å². The maximum Gasteiger partial charge on any atom is 0.297 e. The summed E-state index contributed by atoms with van der Waals surface area (Å²) in [6.45, 7) is -0.816. The van der Waals surface area contributed by atoms with Gasteiger partial charge < -0.3 is 10.5 Å². The number of hydrogen-bond donors (Lipinski definition) is 2. The van der Waals surface area contributed by atoms with Gasteiger partial charge in [0.1, 0.15) is 0 Å². The van der Waals surface area contributed by atoms with E-state index < -0.39 is 18.6 Å². The van der Waals surface area contributed by atoms with E-state index in [1.54, 1.807) is 6.07 Å². The summed E-state index contributed by atoms with van der Waals surface area (Å²) in [6, 6.07) is 4.31. The zero-order chi connectivity index (χ0) is 12.4. The molecule has 0 saturated heterocycles. The van der Waals surface area contributed by atoms with Crippen molar-refractivity contribution >= 4 is 16.6 Å². The predicted molar refractivity (Wildman–Crippen MR) is 58.3 cm³/mol. The molecule has 2 rings (SSSR count). The van der Waals surface area contributed by atoms with Gasteiger partial charge in [-0.3, -0.25) is 9.78 Å². The molecule has 0 atom stereocenters. The Morgan fingerprint density at radius 2 is 2.24 bits per heavy atom. The van der Waals surface area contributed by atoms with Crippen LogP contribution in [0.25, 0.3) is 10.9 Å². The number of aromatic amines is 1. The van der Waals surface area contributed by atoms with Crippen LogP contribution in [0.15, 0.2) is 23.0 Å². The fourth-order valence-corrected chi connectivity index (χ4v) is 1.35. The van der Waals surface area contributed by atoms with Crippen molar-refractivity contribution in [2.24, 2.45) is 0 Å². The van der Waals surface area contributed by atoms with Crippen molar-refractivity contribution in [2.75, 3.05) is 12.3 Å². The van der Waals surface area contributed by atoms with Crippen molar-refractivity contribution in [1.29, 1.82) is 0 Å². The smallest absolute Gasteiger partial charge is 0.297 e. The number of nitrogens with two attached hydrogens (primary N) is 1. The number of H-pyrrole nitrogens is 1. The molecule has 1 aromatic carbocycles. The van der Waals surface area contributed by atoms with Gasteiger partial charge in [-0.1, -0.05) is 0 Å². The number of hydrogen-bond acceptors (Lipinski definition) is 4. The van der Waals surface area contributed by atoms with Gasteiger partial charge in [-0.2, -0.15) is 4.98 Å². The second kappa shape index (κ2) is 4.36. The summed E-state index contributed by atoms with van der Waals surface area (Å²) in [7, 11) is 0. The standard InChI is InChI=1S/C10H9F2N3O2/c11-8(12)4-17-10-14-7-2-1-5(13)3-6(7)9(16)15-10/h1-3,8H,4,13H2,(H,14,15,16). The van der Waals surface area contributed by atoms with Crippen LogP contribution in [0.4, 0.5) is 14.5 Å². The third-order valence-electron chi connectivity index (χ3n) is 2.05. The van der Waals surface area contributed by atoms with Crippen molar-refractivity contribution in [1.82, 2.24) is 9.97 Å². The first-order chi connectivity index (χ1) is 8.06. The fraction of sp³-hybridized carbons (Fsp3) is 0.200. The quantitative estimate of drug-likeness (QED) is 0.790. The number of halogens is 2. The number of rotatable bonds is 3. The molecule has 0 aliphatic rings. The van der Waals surface area contributed by atoms with Gasteiger partial charge in [-0.05, 0) is 18.2 Å². The Balaban J connectivity index is 2.42. The summed E-state index contributed by atoms with van der Waals surface area (Å²) in [4.78, 5) is 17.7. The molecule has 17 heavy (non-hydrogen) atoms. The lowest BCUT2D eigenvalue weighted by molar-refractivity contribution is 0.0771. The first-order valence-electron chi connectivity index (χ1n) is 4.77. The van der Waals surface area contributed by atoms with E-state index in [1.807, 2.05) is 0 Å². The van der Waals surface area contributed by atoms with Gasteiger partial charge in [0.15, 0.2) is 6.61 Å². The molecule has 2 aromatic rings. The number of alkyl halides is 2. The van der Waals surface area contributed by atoms with Crippen LogP contribution in [0, 0.1) is 0 Å². The topological polar surface area (TPSA) is 81.0 Å². The van der Waals surface area contributed by atoms with E-state index in [0.717, 1.165) is 0 Å². The zero-order valence-corrected chi connectivity index (χ0v) is 8.61. The van der Waals surface area contributed by atoms with Crippen LogP contribution in [0.5, 0.6) is 6.01 Å². The highest BCUT2D eigenvalue weighted by Crippen LogP contribution is 2.13. The molecule has 0 radical (unpaired) electrons. The molecule has 0 fully saturated rings. The summed E-state index contributed by atoms with van der Waals surface area (Å²) in [6.07, 6.45) is -2.62. The minimum atomic E-state index is -2.62. The lowest BCUT2D eigenvalue weighted by Gasteiger charge is -2.05. The summed E-state index contributed by atoms with van der Waals surface area (Å²) < 4.78 is 28.5. The van der Waals surface area contributed by atoms with E-state index in [4.69, 9.17) is 5.73 Å². The average Bonchev–Trinajstić information content (AvgIpc) is 2.27. The normalized spacial score (nSPS) is 11.0. The third-order valence-corrected chi connectivity index (χ3v) is 2.05. The summed E-state index contributed by atoms with van der Waals surface area (Å²) in [5.41, 5.74) is 5.80. The number of nitrogens with zero attached hydrogens (tertiary/aromatic N) is 1. The highest BCUT2D eigenvalue weighted by atomic mass is 19.3. The second-order valence-electron chi connectivity index (χ2n) is 3.35.